The zero-order valence-corrected chi connectivity index (χ0v) is 21.5. The molecule has 32 heavy (non-hydrogen) atoms. The minimum atomic E-state index is -0.347. The molecular formula is C29H44N2O. The normalized spacial score (nSPS) is 27.7. The summed E-state index contributed by atoms with van der Waals surface area (Å²) in [4.78, 5) is 21.3. The first kappa shape index (κ1) is 23.5. The number of amides is 1. The Hall–Kier alpha value is -1.64. The summed E-state index contributed by atoms with van der Waals surface area (Å²) < 4.78 is 0. The molecule has 1 atom stereocenters. The van der Waals surface area contributed by atoms with Crippen molar-refractivity contribution in [1.82, 2.24) is 4.90 Å². The molecule has 2 aliphatic carbocycles. The summed E-state index contributed by atoms with van der Waals surface area (Å²) in [5, 5.41) is 0. The Bertz CT molecular complexity index is 856. The lowest BCUT2D eigenvalue weighted by Gasteiger charge is -2.47. The molecule has 1 aliphatic heterocycles. The van der Waals surface area contributed by atoms with Crippen LogP contribution in [0, 0.1) is 16.7 Å². The Kier molecular flexibility index (Phi) is 6.09. The second-order valence-corrected chi connectivity index (χ2v) is 13.1. The van der Waals surface area contributed by atoms with Crippen molar-refractivity contribution in [2.75, 3.05) is 0 Å². The standard InChI is InChI=1S/C29H44N2O/c1-20(14-17-27(2,3)4)31-26(32)25(23-12-10-22(11-13-23)21-8-9-21)30-29(31)18-15-24(16-19-29)28(5,6)7/h10-13,20-21,24H,8-9,14-19H2,1-7H3. The van der Waals surface area contributed by atoms with Gasteiger partial charge in [0, 0.05) is 11.6 Å². The van der Waals surface area contributed by atoms with Crippen molar-refractivity contribution in [3.05, 3.63) is 35.4 Å². The van der Waals surface area contributed by atoms with Gasteiger partial charge >= 0.3 is 0 Å². The Morgan fingerprint density at radius 3 is 2.09 bits per heavy atom. The Morgan fingerprint density at radius 1 is 1.00 bits per heavy atom. The van der Waals surface area contributed by atoms with Crippen LogP contribution in [-0.2, 0) is 4.79 Å². The van der Waals surface area contributed by atoms with Gasteiger partial charge in [-0.15, -0.1) is 0 Å². The van der Waals surface area contributed by atoms with Crippen LogP contribution in [0.5, 0.6) is 0 Å². The van der Waals surface area contributed by atoms with Crippen molar-refractivity contribution in [3.63, 3.8) is 0 Å². The molecule has 176 valence electrons. The quantitative estimate of drug-likeness (QED) is 0.475. The fourth-order valence-corrected chi connectivity index (χ4v) is 5.81. The van der Waals surface area contributed by atoms with E-state index >= 15 is 0 Å². The van der Waals surface area contributed by atoms with Gasteiger partial charge in [-0.05, 0) is 86.5 Å². The number of carbonyl (C=O) groups is 1. The number of hydrogen-bond donors (Lipinski definition) is 0. The number of carbonyl (C=O) groups excluding carboxylic acids is 1. The molecule has 0 N–H and O–H groups in total. The summed E-state index contributed by atoms with van der Waals surface area (Å²) in [6.07, 6.45) is 9.03. The van der Waals surface area contributed by atoms with E-state index in [4.69, 9.17) is 4.99 Å². The highest BCUT2D eigenvalue weighted by molar-refractivity contribution is 6.46. The van der Waals surface area contributed by atoms with Crippen molar-refractivity contribution >= 4 is 11.6 Å². The van der Waals surface area contributed by atoms with Gasteiger partial charge in [-0.25, -0.2) is 0 Å². The highest BCUT2D eigenvalue weighted by atomic mass is 16.2. The Balaban J connectivity index is 1.61. The number of hydrogen-bond acceptors (Lipinski definition) is 2. The minimum absolute atomic E-state index is 0.153. The zero-order chi connectivity index (χ0) is 23.3. The summed E-state index contributed by atoms with van der Waals surface area (Å²) in [5.74, 6) is 1.59. The molecule has 1 spiro atoms. The van der Waals surface area contributed by atoms with Crippen molar-refractivity contribution in [3.8, 4) is 0 Å². The Morgan fingerprint density at radius 2 is 1.59 bits per heavy atom. The lowest BCUT2D eigenvalue weighted by Crippen LogP contribution is -2.53. The maximum Gasteiger partial charge on any atom is 0.274 e. The van der Waals surface area contributed by atoms with Crippen LogP contribution in [-0.4, -0.2) is 28.2 Å². The fourth-order valence-electron chi connectivity index (χ4n) is 5.81. The fraction of sp³-hybridized carbons (Fsp3) is 0.724. The monoisotopic (exact) mass is 436 g/mol. The minimum Gasteiger partial charge on any atom is -0.310 e. The van der Waals surface area contributed by atoms with Crippen LogP contribution in [0.4, 0.5) is 0 Å². The van der Waals surface area contributed by atoms with E-state index in [2.05, 4.69) is 77.6 Å². The van der Waals surface area contributed by atoms with E-state index < -0.39 is 0 Å². The largest absolute Gasteiger partial charge is 0.310 e. The maximum atomic E-state index is 13.9. The summed E-state index contributed by atoms with van der Waals surface area (Å²) in [5.41, 5.74) is 3.36. The predicted octanol–water partition coefficient (Wildman–Crippen LogP) is 7.34. The third kappa shape index (κ3) is 4.82. The van der Waals surface area contributed by atoms with Crippen LogP contribution in [0.25, 0.3) is 0 Å². The molecule has 3 nitrogen and oxygen atoms in total. The van der Waals surface area contributed by atoms with Crippen LogP contribution in [0.3, 0.4) is 0 Å². The van der Waals surface area contributed by atoms with Gasteiger partial charge in [0.05, 0.1) is 0 Å². The van der Waals surface area contributed by atoms with Gasteiger partial charge in [0.2, 0.25) is 0 Å². The highest BCUT2D eigenvalue weighted by Gasteiger charge is 2.51. The molecular weight excluding hydrogens is 392 g/mol. The van der Waals surface area contributed by atoms with Gasteiger partial charge < -0.3 is 4.90 Å². The smallest absolute Gasteiger partial charge is 0.274 e. The summed E-state index contributed by atoms with van der Waals surface area (Å²) in [7, 11) is 0. The molecule has 0 bridgehead atoms. The third-order valence-corrected chi connectivity index (χ3v) is 8.19. The average Bonchev–Trinajstić information content (AvgIpc) is 3.51. The first-order chi connectivity index (χ1) is 14.9. The SMILES string of the molecule is CC(CCC(C)(C)C)N1C(=O)C(c2ccc(C3CC3)cc2)=NC12CCC(C(C)(C)C)CC2. The molecule has 0 aromatic heterocycles. The van der Waals surface area contributed by atoms with Crippen LogP contribution in [0.15, 0.2) is 29.3 Å². The van der Waals surface area contributed by atoms with Crippen molar-refractivity contribution in [1.29, 1.82) is 0 Å². The van der Waals surface area contributed by atoms with Gasteiger partial charge in [0.25, 0.3) is 5.91 Å². The van der Waals surface area contributed by atoms with Crippen molar-refractivity contribution in [2.45, 2.75) is 117 Å². The summed E-state index contributed by atoms with van der Waals surface area (Å²) in [6, 6.07) is 8.93. The second-order valence-electron chi connectivity index (χ2n) is 13.1. The zero-order valence-electron chi connectivity index (χ0n) is 21.5. The van der Waals surface area contributed by atoms with Gasteiger partial charge in [-0.1, -0.05) is 65.8 Å². The first-order valence-electron chi connectivity index (χ1n) is 12.9. The molecule has 3 heteroatoms. The molecule has 2 saturated carbocycles. The molecule has 1 unspecified atom stereocenters. The molecule has 1 amide bonds. The number of nitrogens with zero attached hydrogens (tertiary/aromatic N) is 2. The van der Waals surface area contributed by atoms with Gasteiger partial charge in [-0.3, -0.25) is 9.79 Å². The number of rotatable bonds is 5. The average molecular weight is 437 g/mol. The van der Waals surface area contributed by atoms with Crippen LogP contribution < -0.4 is 0 Å². The molecule has 1 heterocycles. The summed E-state index contributed by atoms with van der Waals surface area (Å²) >= 11 is 0. The molecule has 0 saturated heterocycles. The van der Waals surface area contributed by atoms with Crippen LogP contribution in [0.1, 0.15) is 117 Å². The third-order valence-electron chi connectivity index (χ3n) is 8.19. The molecule has 1 aromatic carbocycles. The number of benzene rings is 1. The van der Waals surface area contributed by atoms with E-state index in [0.717, 1.165) is 50.0 Å². The maximum absolute atomic E-state index is 13.9. The van der Waals surface area contributed by atoms with E-state index in [0.29, 0.717) is 17.0 Å². The second kappa shape index (κ2) is 8.29. The van der Waals surface area contributed by atoms with Crippen LogP contribution in [0.2, 0.25) is 0 Å². The van der Waals surface area contributed by atoms with Crippen molar-refractivity contribution in [2.24, 2.45) is 21.7 Å². The Labute approximate surface area is 196 Å². The lowest BCUT2D eigenvalue weighted by atomic mass is 9.69. The van der Waals surface area contributed by atoms with E-state index in [1.54, 1.807) is 0 Å². The predicted molar refractivity (Wildman–Crippen MR) is 134 cm³/mol. The lowest BCUT2D eigenvalue weighted by molar-refractivity contribution is -0.133. The molecule has 2 fully saturated rings. The highest BCUT2D eigenvalue weighted by Crippen LogP contribution is 2.48. The molecule has 4 rings (SSSR count). The van der Waals surface area contributed by atoms with Crippen LogP contribution >= 0.6 is 0 Å². The van der Waals surface area contributed by atoms with Gasteiger partial charge in [0.1, 0.15) is 11.4 Å². The summed E-state index contributed by atoms with van der Waals surface area (Å²) in [6.45, 7) is 16.2. The van der Waals surface area contributed by atoms with E-state index in [-0.39, 0.29) is 23.0 Å². The van der Waals surface area contributed by atoms with Gasteiger partial charge in [0.15, 0.2) is 0 Å². The van der Waals surface area contributed by atoms with Crippen molar-refractivity contribution < 1.29 is 4.79 Å². The van der Waals surface area contributed by atoms with E-state index in [1.165, 1.54) is 18.4 Å². The topological polar surface area (TPSA) is 32.7 Å². The van der Waals surface area contributed by atoms with E-state index in [9.17, 15) is 4.79 Å². The molecule has 3 aliphatic rings. The molecule has 0 radical (unpaired) electrons. The van der Waals surface area contributed by atoms with Gasteiger partial charge in [-0.2, -0.15) is 0 Å². The van der Waals surface area contributed by atoms with E-state index in [1.807, 2.05) is 0 Å². The first-order valence-corrected chi connectivity index (χ1v) is 12.9. The number of aliphatic imine (C=N–C) groups is 1. The molecule has 1 aromatic rings.